The summed E-state index contributed by atoms with van der Waals surface area (Å²) in [4.78, 5) is 51.2. The highest BCUT2D eigenvalue weighted by Crippen LogP contribution is 2.33. The molecule has 0 bridgehead atoms. The van der Waals surface area contributed by atoms with Crippen LogP contribution in [0.2, 0.25) is 0 Å². The fourth-order valence-electron chi connectivity index (χ4n) is 8.09. The smallest absolute Gasteiger partial charge is 0.330 e. The first-order valence-electron chi connectivity index (χ1n) is 25.6. The lowest BCUT2D eigenvalue weighted by Crippen LogP contribution is -2.46. The number of rotatable bonds is 36. The van der Waals surface area contributed by atoms with Gasteiger partial charge in [0, 0.05) is 23.5 Å². The standard InChI is InChI=1S/C59H78N2O10/c1-66-55(62)39-29-47-25-35-53(36-26-47)68-41-17-13-9-5-3-7-11-15-19-43-70-57(64)59(45-49-21-31-51(60)32-22-49,46-50-23-33-52(61)34-24-50)58(65)71-44-20-16-12-8-4-6-10-14-18-42-69-54-37-27-48(28-38-54)30-40-56(63)67-2/h21-40H,3-20,41-46,60-61H2,1-2H3. The molecule has 0 fully saturated rings. The van der Waals surface area contributed by atoms with Crippen LogP contribution in [0.3, 0.4) is 0 Å². The molecule has 0 spiro atoms. The van der Waals surface area contributed by atoms with Crippen molar-refractivity contribution in [2.45, 2.75) is 128 Å². The molecule has 4 rings (SSSR count). The second kappa shape index (κ2) is 33.9. The fourth-order valence-corrected chi connectivity index (χ4v) is 8.09. The van der Waals surface area contributed by atoms with Gasteiger partial charge in [-0.15, -0.1) is 0 Å². The second-order valence-corrected chi connectivity index (χ2v) is 18.1. The number of anilines is 2. The molecule has 0 aliphatic carbocycles. The average Bonchev–Trinajstić information content (AvgIpc) is 3.39. The summed E-state index contributed by atoms with van der Waals surface area (Å²) >= 11 is 0. The predicted octanol–water partition coefficient (Wildman–Crippen LogP) is 12.3. The highest BCUT2D eigenvalue weighted by atomic mass is 16.6. The van der Waals surface area contributed by atoms with Crippen molar-refractivity contribution in [2.75, 3.05) is 52.1 Å². The maximum atomic E-state index is 14.3. The Balaban J connectivity index is 1.13. The van der Waals surface area contributed by atoms with Crippen molar-refractivity contribution in [2.24, 2.45) is 5.41 Å². The number of ether oxygens (including phenoxy) is 6. The first kappa shape index (κ1) is 57.0. The number of hydrogen-bond donors (Lipinski definition) is 2. The van der Waals surface area contributed by atoms with Gasteiger partial charge in [0.15, 0.2) is 5.41 Å². The molecule has 0 saturated carbocycles. The molecule has 0 aromatic heterocycles. The lowest BCUT2D eigenvalue weighted by atomic mass is 9.76. The molecule has 384 valence electrons. The van der Waals surface area contributed by atoms with Gasteiger partial charge in [-0.1, -0.05) is 138 Å². The van der Waals surface area contributed by atoms with Gasteiger partial charge in [-0.05, 0) is 121 Å². The van der Waals surface area contributed by atoms with E-state index >= 15 is 0 Å². The van der Waals surface area contributed by atoms with E-state index in [4.69, 9.17) is 30.4 Å². The van der Waals surface area contributed by atoms with E-state index in [1.165, 1.54) is 26.4 Å². The van der Waals surface area contributed by atoms with Gasteiger partial charge in [0.05, 0.1) is 40.6 Å². The zero-order chi connectivity index (χ0) is 50.8. The summed E-state index contributed by atoms with van der Waals surface area (Å²) in [5, 5.41) is 0. The maximum absolute atomic E-state index is 14.3. The number of esters is 4. The van der Waals surface area contributed by atoms with E-state index < -0.39 is 17.4 Å². The molecular weight excluding hydrogens is 897 g/mol. The quantitative estimate of drug-likeness (QED) is 0.0110. The molecule has 4 aromatic rings. The van der Waals surface area contributed by atoms with Gasteiger partial charge in [-0.3, -0.25) is 9.59 Å². The Labute approximate surface area is 422 Å². The van der Waals surface area contributed by atoms with Crippen molar-refractivity contribution in [3.05, 3.63) is 131 Å². The summed E-state index contributed by atoms with van der Waals surface area (Å²) in [6.07, 6.45) is 25.1. The Morgan fingerprint density at radius 1 is 0.408 bits per heavy atom. The largest absolute Gasteiger partial charge is 0.494 e. The molecule has 71 heavy (non-hydrogen) atoms. The molecule has 0 saturated heterocycles. The minimum Gasteiger partial charge on any atom is -0.494 e. The van der Waals surface area contributed by atoms with Crippen LogP contribution in [0.5, 0.6) is 11.5 Å². The summed E-state index contributed by atoms with van der Waals surface area (Å²) in [5.74, 6) is -0.296. The molecular formula is C59H78N2O10. The van der Waals surface area contributed by atoms with E-state index in [1.54, 1.807) is 36.4 Å². The number of nitrogens with two attached hydrogens (primary N) is 2. The predicted molar refractivity (Wildman–Crippen MR) is 283 cm³/mol. The zero-order valence-corrected chi connectivity index (χ0v) is 42.3. The van der Waals surface area contributed by atoms with Crippen molar-refractivity contribution >= 4 is 47.4 Å². The monoisotopic (exact) mass is 975 g/mol. The van der Waals surface area contributed by atoms with Crippen LogP contribution < -0.4 is 20.9 Å². The SMILES string of the molecule is COC(=O)C=Cc1ccc(OCCCCCCCCCCCOC(=O)C(Cc2ccc(N)cc2)(Cc2ccc(N)cc2)C(=O)OCCCCCCCCCCCOc2ccc(C=CC(=O)OC)cc2)cc1. The minimum absolute atomic E-state index is 0.114. The van der Waals surface area contributed by atoms with Crippen LogP contribution in [-0.4, -0.2) is 64.5 Å². The highest BCUT2D eigenvalue weighted by Gasteiger charge is 2.49. The van der Waals surface area contributed by atoms with E-state index in [9.17, 15) is 19.2 Å². The van der Waals surface area contributed by atoms with Gasteiger partial charge in [0.1, 0.15) is 11.5 Å². The van der Waals surface area contributed by atoms with Crippen molar-refractivity contribution in [1.82, 2.24) is 0 Å². The lowest BCUT2D eigenvalue weighted by molar-refractivity contribution is -0.173. The third-order valence-electron chi connectivity index (χ3n) is 12.3. The number of carbonyl (C=O) groups is 4. The maximum Gasteiger partial charge on any atom is 0.330 e. The molecule has 0 atom stereocenters. The van der Waals surface area contributed by atoms with Crippen molar-refractivity contribution in [1.29, 1.82) is 0 Å². The van der Waals surface area contributed by atoms with Gasteiger partial charge in [-0.2, -0.15) is 0 Å². The van der Waals surface area contributed by atoms with Crippen molar-refractivity contribution in [3.63, 3.8) is 0 Å². The van der Waals surface area contributed by atoms with E-state index in [0.29, 0.717) is 37.4 Å². The van der Waals surface area contributed by atoms with Crippen LogP contribution in [0.25, 0.3) is 12.2 Å². The average molecular weight is 975 g/mol. The van der Waals surface area contributed by atoms with Crippen LogP contribution in [0.4, 0.5) is 11.4 Å². The van der Waals surface area contributed by atoms with Crippen LogP contribution in [0.1, 0.15) is 138 Å². The van der Waals surface area contributed by atoms with Crippen LogP contribution in [0, 0.1) is 5.41 Å². The molecule has 0 amide bonds. The van der Waals surface area contributed by atoms with Gasteiger partial charge >= 0.3 is 23.9 Å². The van der Waals surface area contributed by atoms with Gasteiger partial charge < -0.3 is 39.9 Å². The molecule has 12 nitrogen and oxygen atoms in total. The Hall–Kier alpha value is -6.56. The Morgan fingerprint density at radius 3 is 1.01 bits per heavy atom. The van der Waals surface area contributed by atoms with Crippen molar-refractivity contribution in [3.8, 4) is 11.5 Å². The third kappa shape index (κ3) is 23.3. The lowest BCUT2D eigenvalue weighted by Gasteiger charge is -2.30. The topological polar surface area (TPSA) is 176 Å². The molecule has 0 unspecified atom stereocenters. The summed E-state index contributed by atoms with van der Waals surface area (Å²) in [5.41, 5.74) is 15.0. The van der Waals surface area contributed by atoms with Crippen molar-refractivity contribution < 1.29 is 47.6 Å². The summed E-state index contributed by atoms with van der Waals surface area (Å²) < 4.78 is 33.0. The Kier molecular flexibility index (Phi) is 27.2. The summed E-state index contributed by atoms with van der Waals surface area (Å²) in [6, 6.07) is 29.7. The molecule has 0 radical (unpaired) electrons. The second-order valence-electron chi connectivity index (χ2n) is 18.1. The third-order valence-corrected chi connectivity index (χ3v) is 12.3. The number of hydrogen-bond acceptors (Lipinski definition) is 12. The first-order chi connectivity index (χ1) is 34.6. The highest BCUT2D eigenvalue weighted by molar-refractivity contribution is 6.01. The molecule has 0 aliphatic heterocycles. The molecule has 4 N–H and O–H groups in total. The summed E-state index contributed by atoms with van der Waals surface area (Å²) in [7, 11) is 2.71. The van der Waals surface area contributed by atoms with E-state index in [2.05, 4.69) is 9.47 Å². The normalized spacial score (nSPS) is 11.4. The van der Waals surface area contributed by atoms with E-state index in [1.807, 2.05) is 72.8 Å². The molecule has 0 aliphatic rings. The van der Waals surface area contributed by atoms with E-state index in [0.717, 1.165) is 136 Å². The zero-order valence-electron chi connectivity index (χ0n) is 42.3. The molecule has 12 heteroatoms. The molecule has 0 heterocycles. The number of methoxy groups -OCH3 is 2. The molecule has 4 aromatic carbocycles. The number of carbonyl (C=O) groups excluding carboxylic acids is 4. The van der Waals surface area contributed by atoms with Crippen LogP contribution in [-0.2, 0) is 51.0 Å². The number of unbranched alkanes of at least 4 members (excludes halogenated alkanes) is 16. The van der Waals surface area contributed by atoms with Crippen LogP contribution >= 0.6 is 0 Å². The van der Waals surface area contributed by atoms with E-state index in [-0.39, 0.29) is 38.0 Å². The van der Waals surface area contributed by atoms with Gasteiger partial charge in [0.2, 0.25) is 0 Å². The fraction of sp³-hybridized carbons (Fsp3) is 0.458. The Morgan fingerprint density at radius 2 is 0.704 bits per heavy atom. The summed E-state index contributed by atoms with van der Waals surface area (Å²) in [6.45, 7) is 1.78. The minimum atomic E-state index is -1.59. The number of nitrogen functional groups attached to an aromatic ring is 2. The Bertz CT molecular complexity index is 2030. The first-order valence-corrected chi connectivity index (χ1v) is 25.6. The number of benzene rings is 4. The van der Waals surface area contributed by atoms with Gasteiger partial charge in [-0.25, -0.2) is 9.59 Å². The van der Waals surface area contributed by atoms with Crippen LogP contribution in [0.15, 0.2) is 109 Å². The van der Waals surface area contributed by atoms with Gasteiger partial charge in [0.25, 0.3) is 0 Å².